The molecule has 0 atom stereocenters. The van der Waals surface area contributed by atoms with E-state index in [1.54, 1.807) is 12.4 Å². The largest absolute Gasteiger partial charge is 0.392 e. The Kier molecular flexibility index (Phi) is 2.99. The summed E-state index contributed by atoms with van der Waals surface area (Å²) in [5.74, 6) is 0.599. The van der Waals surface area contributed by atoms with Crippen LogP contribution in [0.25, 0.3) is 0 Å². The monoisotopic (exact) mass is 167 g/mol. The molecule has 0 aliphatic rings. The highest BCUT2D eigenvalue weighted by atomic mass is 16.3. The van der Waals surface area contributed by atoms with Crippen molar-refractivity contribution in [2.75, 3.05) is 5.32 Å². The van der Waals surface area contributed by atoms with Crippen LogP contribution in [-0.4, -0.2) is 21.1 Å². The van der Waals surface area contributed by atoms with Gasteiger partial charge in [-0.3, -0.25) is 0 Å². The molecule has 1 heterocycles. The van der Waals surface area contributed by atoms with Gasteiger partial charge in [-0.2, -0.15) is 0 Å². The molecule has 0 unspecified atom stereocenters. The molecule has 0 amide bonds. The summed E-state index contributed by atoms with van der Waals surface area (Å²) in [6.07, 6.45) is 3.22. The number of aliphatic hydroxyl groups is 1. The molecule has 0 saturated carbocycles. The number of hydrogen-bond acceptors (Lipinski definition) is 4. The Morgan fingerprint density at radius 2 is 2.00 bits per heavy atom. The summed E-state index contributed by atoms with van der Waals surface area (Å²) in [5.41, 5.74) is 0.726. The van der Waals surface area contributed by atoms with Gasteiger partial charge >= 0.3 is 0 Å². The Morgan fingerprint density at radius 1 is 1.42 bits per heavy atom. The van der Waals surface area contributed by atoms with Gasteiger partial charge in [-0.1, -0.05) is 0 Å². The van der Waals surface area contributed by atoms with Crippen molar-refractivity contribution < 1.29 is 5.11 Å². The number of aliphatic hydroxyl groups excluding tert-OH is 1. The third-order valence-electron chi connectivity index (χ3n) is 1.31. The van der Waals surface area contributed by atoms with Crippen molar-refractivity contribution in [1.82, 2.24) is 9.97 Å². The van der Waals surface area contributed by atoms with Crippen molar-refractivity contribution in [3.8, 4) is 0 Å². The first-order valence-corrected chi connectivity index (χ1v) is 3.90. The van der Waals surface area contributed by atoms with Crippen LogP contribution in [0.15, 0.2) is 12.4 Å². The lowest BCUT2D eigenvalue weighted by atomic mass is 10.4. The van der Waals surface area contributed by atoms with Gasteiger partial charge < -0.3 is 10.4 Å². The van der Waals surface area contributed by atoms with Crippen molar-refractivity contribution in [2.45, 2.75) is 26.5 Å². The van der Waals surface area contributed by atoms with Crippen LogP contribution in [0.1, 0.15) is 19.4 Å². The molecule has 1 rings (SSSR count). The first-order valence-electron chi connectivity index (χ1n) is 3.90. The van der Waals surface area contributed by atoms with Crippen LogP contribution >= 0.6 is 0 Å². The first-order chi connectivity index (χ1) is 5.72. The Morgan fingerprint density at radius 3 is 2.42 bits per heavy atom. The summed E-state index contributed by atoms with van der Waals surface area (Å²) in [6, 6.07) is 0.324. The van der Waals surface area contributed by atoms with E-state index >= 15 is 0 Å². The smallest absolute Gasteiger partial charge is 0.222 e. The lowest BCUT2D eigenvalue weighted by Gasteiger charge is -2.06. The zero-order valence-corrected chi connectivity index (χ0v) is 7.28. The fourth-order valence-corrected chi connectivity index (χ4v) is 0.769. The highest BCUT2D eigenvalue weighted by molar-refractivity contribution is 5.25. The molecule has 0 aliphatic heterocycles. The molecule has 0 aromatic carbocycles. The van der Waals surface area contributed by atoms with E-state index in [4.69, 9.17) is 5.11 Å². The molecule has 66 valence electrons. The van der Waals surface area contributed by atoms with Gasteiger partial charge in [0.2, 0.25) is 5.95 Å². The molecule has 0 fully saturated rings. The number of nitrogens with one attached hydrogen (secondary N) is 1. The molecule has 2 N–H and O–H groups in total. The third kappa shape index (κ3) is 2.47. The Labute approximate surface area is 71.7 Å². The molecule has 0 radical (unpaired) electrons. The fourth-order valence-electron chi connectivity index (χ4n) is 0.769. The lowest BCUT2D eigenvalue weighted by Crippen LogP contribution is -2.12. The maximum Gasteiger partial charge on any atom is 0.222 e. The molecule has 1 aromatic heterocycles. The predicted molar refractivity (Wildman–Crippen MR) is 46.7 cm³/mol. The van der Waals surface area contributed by atoms with Gasteiger partial charge in [0.1, 0.15) is 0 Å². The first kappa shape index (κ1) is 8.93. The Hall–Kier alpha value is -1.16. The van der Waals surface area contributed by atoms with Gasteiger partial charge in [0.05, 0.1) is 6.61 Å². The summed E-state index contributed by atoms with van der Waals surface area (Å²) in [6.45, 7) is 4.02. The minimum absolute atomic E-state index is 0.0119. The molecule has 0 bridgehead atoms. The molecule has 12 heavy (non-hydrogen) atoms. The van der Waals surface area contributed by atoms with Crippen molar-refractivity contribution in [1.29, 1.82) is 0 Å². The van der Waals surface area contributed by atoms with Crippen molar-refractivity contribution in [2.24, 2.45) is 0 Å². The molecule has 4 heteroatoms. The summed E-state index contributed by atoms with van der Waals surface area (Å²) in [5, 5.41) is 11.8. The average molecular weight is 167 g/mol. The van der Waals surface area contributed by atoms with Gasteiger partial charge in [-0.25, -0.2) is 9.97 Å². The van der Waals surface area contributed by atoms with Crippen LogP contribution < -0.4 is 5.32 Å². The van der Waals surface area contributed by atoms with Gasteiger partial charge in [0, 0.05) is 24.0 Å². The van der Waals surface area contributed by atoms with Crippen LogP contribution in [0.2, 0.25) is 0 Å². The number of hydrogen-bond donors (Lipinski definition) is 2. The topological polar surface area (TPSA) is 58.0 Å². The summed E-state index contributed by atoms with van der Waals surface area (Å²) in [4.78, 5) is 8.01. The molecule has 0 aliphatic carbocycles. The average Bonchev–Trinajstić information content (AvgIpc) is 2.05. The highest BCUT2D eigenvalue weighted by Crippen LogP contribution is 2.00. The molecular weight excluding hydrogens is 154 g/mol. The number of aromatic nitrogens is 2. The summed E-state index contributed by atoms with van der Waals surface area (Å²) >= 11 is 0. The minimum Gasteiger partial charge on any atom is -0.392 e. The second-order valence-electron chi connectivity index (χ2n) is 2.87. The molecule has 0 spiro atoms. The number of anilines is 1. The molecule has 0 saturated heterocycles. The van der Waals surface area contributed by atoms with Gasteiger partial charge in [0.15, 0.2) is 0 Å². The summed E-state index contributed by atoms with van der Waals surface area (Å²) in [7, 11) is 0. The maximum absolute atomic E-state index is 8.71. The van der Waals surface area contributed by atoms with E-state index in [2.05, 4.69) is 15.3 Å². The van der Waals surface area contributed by atoms with Crippen LogP contribution in [0.3, 0.4) is 0 Å². The minimum atomic E-state index is -0.0119. The normalized spacial score (nSPS) is 10.3. The highest BCUT2D eigenvalue weighted by Gasteiger charge is 1.97. The van der Waals surface area contributed by atoms with E-state index in [0.29, 0.717) is 12.0 Å². The van der Waals surface area contributed by atoms with Crippen molar-refractivity contribution in [3.05, 3.63) is 18.0 Å². The van der Waals surface area contributed by atoms with E-state index in [0.717, 1.165) is 5.56 Å². The SMILES string of the molecule is CC(C)Nc1ncc(CO)cn1. The van der Waals surface area contributed by atoms with Crippen LogP contribution in [0.5, 0.6) is 0 Å². The maximum atomic E-state index is 8.71. The van der Waals surface area contributed by atoms with Crippen LogP contribution in [0.4, 0.5) is 5.95 Å². The van der Waals surface area contributed by atoms with E-state index in [1.807, 2.05) is 13.8 Å². The molecular formula is C8H13N3O. The standard InChI is InChI=1S/C8H13N3O/c1-6(2)11-8-9-3-7(5-12)4-10-8/h3-4,6,12H,5H2,1-2H3,(H,9,10,11). The zero-order valence-electron chi connectivity index (χ0n) is 7.28. The fraction of sp³-hybridized carbons (Fsp3) is 0.500. The Bertz CT molecular complexity index is 233. The number of rotatable bonds is 3. The lowest BCUT2D eigenvalue weighted by molar-refractivity contribution is 0.281. The third-order valence-corrected chi connectivity index (χ3v) is 1.31. The number of nitrogens with zero attached hydrogens (tertiary/aromatic N) is 2. The van der Waals surface area contributed by atoms with Gasteiger partial charge in [-0.05, 0) is 13.8 Å². The zero-order chi connectivity index (χ0) is 8.97. The van der Waals surface area contributed by atoms with Gasteiger partial charge in [-0.15, -0.1) is 0 Å². The Balaban J connectivity index is 2.65. The second-order valence-corrected chi connectivity index (χ2v) is 2.87. The van der Waals surface area contributed by atoms with E-state index in [-0.39, 0.29) is 6.61 Å². The van der Waals surface area contributed by atoms with E-state index in [9.17, 15) is 0 Å². The van der Waals surface area contributed by atoms with Gasteiger partial charge in [0.25, 0.3) is 0 Å². The van der Waals surface area contributed by atoms with E-state index < -0.39 is 0 Å². The van der Waals surface area contributed by atoms with E-state index in [1.165, 1.54) is 0 Å². The van der Waals surface area contributed by atoms with Crippen LogP contribution in [-0.2, 0) is 6.61 Å². The molecule has 4 nitrogen and oxygen atoms in total. The quantitative estimate of drug-likeness (QED) is 0.698. The molecule has 1 aromatic rings. The van der Waals surface area contributed by atoms with Crippen molar-refractivity contribution >= 4 is 5.95 Å². The second kappa shape index (κ2) is 4.01. The summed E-state index contributed by atoms with van der Waals surface area (Å²) < 4.78 is 0. The predicted octanol–water partition coefficient (Wildman–Crippen LogP) is 0.789. The van der Waals surface area contributed by atoms with Crippen LogP contribution in [0, 0.1) is 0 Å². The van der Waals surface area contributed by atoms with Crippen molar-refractivity contribution in [3.63, 3.8) is 0 Å².